The smallest absolute Gasteiger partial charge is 0.305 e. The first-order chi connectivity index (χ1) is 8.15. The number of benzene rings is 1. The Morgan fingerprint density at radius 3 is 2.59 bits per heavy atom. The van der Waals surface area contributed by atoms with E-state index in [4.69, 9.17) is 4.74 Å². The third-order valence-electron chi connectivity index (χ3n) is 2.26. The molecule has 0 N–H and O–H groups in total. The lowest BCUT2D eigenvalue weighted by atomic mass is 10.1. The van der Waals surface area contributed by atoms with Gasteiger partial charge < -0.3 is 4.74 Å². The molecule has 3 nitrogen and oxygen atoms in total. The number of ether oxygens (including phenoxy) is 1. The van der Waals surface area contributed by atoms with E-state index in [1.165, 1.54) is 18.2 Å². The van der Waals surface area contributed by atoms with Crippen LogP contribution >= 0.6 is 0 Å². The molecule has 0 spiro atoms. The van der Waals surface area contributed by atoms with Gasteiger partial charge in [-0.3, -0.25) is 9.59 Å². The first-order valence-electron chi connectivity index (χ1n) is 5.58. The molecule has 0 aromatic heterocycles. The van der Waals surface area contributed by atoms with E-state index in [0.717, 1.165) is 0 Å². The van der Waals surface area contributed by atoms with Crippen molar-refractivity contribution in [1.82, 2.24) is 0 Å². The summed E-state index contributed by atoms with van der Waals surface area (Å²) in [5.41, 5.74) is 0.0800. The second kappa shape index (κ2) is 6.78. The molecule has 0 atom stereocenters. The SMILES string of the molecule is CCOC(=O)CCCC(=O)c1ccccc1F. The second-order valence-electron chi connectivity index (χ2n) is 3.56. The standard InChI is InChI=1S/C13H15FO3/c1-2-17-13(16)9-5-8-12(15)10-6-3-4-7-11(10)14/h3-4,6-7H,2,5,8-9H2,1H3. The predicted molar refractivity (Wildman–Crippen MR) is 61.2 cm³/mol. The normalized spacial score (nSPS) is 10.0. The molecular weight excluding hydrogens is 223 g/mol. The molecule has 0 saturated carbocycles. The van der Waals surface area contributed by atoms with Gasteiger partial charge in [-0.2, -0.15) is 0 Å². The van der Waals surface area contributed by atoms with Crippen LogP contribution in [0.5, 0.6) is 0 Å². The van der Waals surface area contributed by atoms with Crippen LogP contribution in [0.4, 0.5) is 4.39 Å². The Labute approximate surface area is 99.6 Å². The Balaban J connectivity index is 2.41. The van der Waals surface area contributed by atoms with Gasteiger partial charge in [0.15, 0.2) is 5.78 Å². The molecular formula is C13H15FO3. The maximum Gasteiger partial charge on any atom is 0.305 e. The molecule has 0 fully saturated rings. The fourth-order valence-corrected chi connectivity index (χ4v) is 1.45. The number of rotatable bonds is 6. The van der Waals surface area contributed by atoms with Crippen molar-refractivity contribution in [2.75, 3.05) is 6.61 Å². The Morgan fingerprint density at radius 1 is 1.24 bits per heavy atom. The topological polar surface area (TPSA) is 43.4 Å². The molecule has 1 aromatic rings. The minimum atomic E-state index is -0.520. The van der Waals surface area contributed by atoms with Gasteiger partial charge in [-0.05, 0) is 25.5 Å². The van der Waals surface area contributed by atoms with E-state index in [9.17, 15) is 14.0 Å². The molecule has 0 amide bonds. The summed E-state index contributed by atoms with van der Waals surface area (Å²) in [4.78, 5) is 22.6. The number of hydrogen-bond donors (Lipinski definition) is 0. The number of halogens is 1. The summed E-state index contributed by atoms with van der Waals surface area (Å²) in [6, 6.07) is 5.84. The van der Waals surface area contributed by atoms with Gasteiger partial charge in [0.2, 0.25) is 0 Å². The van der Waals surface area contributed by atoms with E-state index >= 15 is 0 Å². The highest BCUT2D eigenvalue weighted by Gasteiger charge is 2.11. The molecule has 0 radical (unpaired) electrons. The molecule has 1 aromatic carbocycles. The first-order valence-corrected chi connectivity index (χ1v) is 5.58. The number of Topliss-reactive ketones (excluding diaryl/α,β-unsaturated/α-hetero) is 1. The van der Waals surface area contributed by atoms with Crippen LogP contribution < -0.4 is 0 Å². The van der Waals surface area contributed by atoms with E-state index < -0.39 is 5.82 Å². The molecule has 0 unspecified atom stereocenters. The summed E-state index contributed by atoms with van der Waals surface area (Å²) in [6.45, 7) is 2.06. The molecule has 0 saturated heterocycles. The van der Waals surface area contributed by atoms with Crippen LogP contribution in [0.15, 0.2) is 24.3 Å². The van der Waals surface area contributed by atoms with Gasteiger partial charge in [0, 0.05) is 12.8 Å². The molecule has 1 rings (SSSR count). The molecule has 0 aliphatic rings. The van der Waals surface area contributed by atoms with Crippen LogP contribution in [0.25, 0.3) is 0 Å². The van der Waals surface area contributed by atoms with Crippen LogP contribution in [0.1, 0.15) is 36.5 Å². The molecule has 92 valence electrons. The second-order valence-corrected chi connectivity index (χ2v) is 3.56. The molecule has 4 heteroatoms. The van der Waals surface area contributed by atoms with Crippen LogP contribution in [-0.4, -0.2) is 18.4 Å². The number of carbonyl (C=O) groups excluding carboxylic acids is 2. The molecule has 0 bridgehead atoms. The molecule has 17 heavy (non-hydrogen) atoms. The molecule has 0 heterocycles. The van der Waals surface area contributed by atoms with Crippen LogP contribution in [0, 0.1) is 5.82 Å². The monoisotopic (exact) mass is 238 g/mol. The summed E-state index contributed by atoms with van der Waals surface area (Å²) in [6.07, 6.45) is 0.722. The highest BCUT2D eigenvalue weighted by Crippen LogP contribution is 2.11. The average molecular weight is 238 g/mol. The van der Waals surface area contributed by atoms with E-state index in [1.54, 1.807) is 13.0 Å². The number of carbonyl (C=O) groups is 2. The maximum absolute atomic E-state index is 13.2. The van der Waals surface area contributed by atoms with Crippen molar-refractivity contribution >= 4 is 11.8 Å². The highest BCUT2D eigenvalue weighted by molar-refractivity contribution is 5.96. The third-order valence-corrected chi connectivity index (χ3v) is 2.26. The van der Waals surface area contributed by atoms with Gasteiger partial charge in [0.05, 0.1) is 12.2 Å². The zero-order valence-corrected chi connectivity index (χ0v) is 9.74. The van der Waals surface area contributed by atoms with Gasteiger partial charge in [-0.1, -0.05) is 12.1 Å². The first kappa shape index (κ1) is 13.4. The Morgan fingerprint density at radius 2 is 1.94 bits per heavy atom. The summed E-state index contributed by atoms with van der Waals surface area (Å²) >= 11 is 0. The van der Waals surface area contributed by atoms with Crippen molar-refractivity contribution in [3.63, 3.8) is 0 Å². The van der Waals surface area contributed by atoms with Gasteiger partial charge >= 0.3 is 5.97 Å². The molecule has 0 aliphatic carbocycles. The van der Waals surface area contributed by atoms with Crippen molar-refractivity contribution in [3.8, 4) is 0 Å². The zero-order chi connectivity index (χ0) is 12.7. The fraction of sp³-hybridized carbons (Fsp3) is 0.385. The minimum Gasteiger partial charge on any atom is -0.466 e. The van der Waals surface area contributed by atoms with Gasteiger partial charge in [-0.15, -0.1) is 0 Å². The lowest BCUT2D eigenvalue weighted by molar-refractivity contribution is -0.143. The summed E-state index contributed by atoms with van der Waals surface area (Å²) in [5, 5.41) is 0. The van der Waals surface area contributed by atoms with Gasteiger partial charge in [0.1, 0.15) is 5.82 Å². The van der Waals surface area contributed by atoms with Crippen molar-refractivity contribution in [2.45, 2.75) is 26.2 Å². The quantitative estimate of drug-likeness (QED) is 0.565. The summed E-state index contributed by atoms with van der Waals surface area (Å²) in [5.74, 6) is -1.13. The number of hydrogen-bond acceptors (Lipinski definition) is 3. The van der Waals surface area contributed by atoms with E-state index in [1.807, 2.05) is 0 Å². The molecule has 0 aliphatic heterocycles. The Kier molecular flexibility index (Phi) is 5.33. The Bertz CT molecular complexity index is 401. The average Bonchev–Trinajstić information content (AvgIpc) is 2.29. The number of ketones is 1. The van der Waals surface area contributed by atoms with Crippen LogP contribution in [0.3, 0.4) is 0 Å². The number of esters is 1. The van der Waals surface area contributed by atoms with E-state index in [0.29, 0.717) is 13.0 Å². The van der Waals surface area contributed by atoms with Crippen molar-refractivity contribution in [2.24, 2.45) is 0 Å². The third kappa shape index (κ3) is 4.34. The van der Waals surface area contributed by atoms with Crippen molar-refractivity contribution < 1.29 is 18.7 Å². The predicted octanol–water partition coefficient (Wildman–Crippen LogP) is 2.74. The van der Waals surface area contributed by atoms with Crippen molar-refractivity contribution in [3.05, 3.63) is 35.6 Å². The Hall–Kier alpha value is -1.71. The largest absolute Gasteiger partial charge is 0.466 e. The highest BCUT2D eigenvalue weighted by atomic mass is 19.1. The summed E-state index contributed by atoms with van der Waals surface area (Å²) < 4.78 is 18.0. The van der Waals surface area contributed by atoms with Gasteiger partial charge in [0.25, 0.3) is 0 Å². The van der Waals surface area contributed by atoms with Crippen molar-refractivity contribution in [1.29, 1.82) is 0 Å². The zero-order valence-electron chi connectivity index (χ0n) is 9.74. The summed E-state index contributed by atoms with van der Waals surface area (Å²) in [7, 11) is 0. The lowest BCUT2D eigenvalue weighted by Crippen LogP contribution is -2.06. The van der Waals surface area contributed by atoms with Gasteiger partial charge in [-0.25, -0.2) is 4.39 Å². The van der Waals surface area contributed by atoms with Crippen LogP contribution in [-0.2, 0) is 9.53 Å². The minimum absolute atomic E-state index is 0.0800. The maximum atomic E-state index is 13.2. The van der Waals surface area contributed by atoms with Crippen LogP contribution in [0.2, 0.25) is 0 Å². The van der Waals surface area contributed by atoms with E-state index in [-0.39, 0.29) is 30.2 Å². The lowest BCUT2D eigenvalue weighted by Gasteiger charge is -2.02. The fourth-order valence-electron chi connectivity index (χ4n) is 1.45. The van der Waals surface area contributed by atoms with E-state index in [2.05, 4.69) is 0 Å².